The van der Waals surface area contributed by atoms with Gasteiger partial charge in [0.15, 0.2) is 0 Å². The molecule has 0 aromatic carbocycles. The Morgan fingerprint density at radius 3 is 2.83 bits per heavy atom. The van der Waals surface area contributed by atoms with E-state index < -0.39 is 0 Å². The molecule has 5 rings (SSSR count). The first-order chi connectivity index (χ1) is 11.2. The largest absolute Gasteiger partial charge is 0.347 e. The van der Waals surface area contributed by atoms with Crippen molar-refractivity contribution in [1.29, 1.82) is 0 Å². The van der Waals surface area contributed by atoms with Gasteiger partial charge in [-0.05, 0) is 50.0 Å². The van der Waals surface area contributed by atoms with Crippen LogP contribution in [0.4, 0.5) is 0 Å². The van der Waals surface area contributed by atoms with E-state index in [-0.39, 0.29) is 5.91 Å². The van der Waals surface area contributed by atoms with Crippen LogP contribution in [-0.2, 0) is 0 Å². The fourth-order valence-electron chi connectivity index (χ4n) is 3.53. The number of aromatic nitrogens is 1. The molecule has 4 nitrogen and oxygen atoms in total. The average Bonchev–Trinajstić information content (AvgIpc) is 3.06. The first-order valence-corrected chi connectivity index (χ1v) is 9.12. The van der Waals surface area contributed by atoms with Gasteiger partial charge >= 0.3 is 0 Å². The van der Waals surface area contributed by atoms with Gasteiger partial charge in [0.25, 0.3) is 5.91 Å². The number of nitrogens with one attached hydrogen (secondary N) is 1. The topological polar surface area (TPSA) is 45.2 Å². The van der Waals surface area contributed by atoms with Gasteiger partial charge in [-0.2, -0.15) is 0 Å². The summed E-state index contributed by atoms with van der Waals surface area (Å²) in [6.45, 7) is 3.36. The third kappa shape index (κ3) is 3.13. The number of hydrogen-bond donors (Lipinski definition) is 1. The van der Waals surface area contributed by atoms with Crippen molar-refractivity contribution < 1.29 is 4.79 Å². The van der Waals surface area contributed by atoms with Crippen LogP contribution in [0.2, 0.25) is 5.02 Å². The second-order valence-electron chi connectivity index (χ2n) is 6.27. The van der Waals surface area contributed by atoms with Crippen molar-refractivity contribution in [1.82, 2.24) is 15.2 Å². The molecule has 0 saturated carbocycles. The summed E-state index contributed by atoms with van der Waals surface area (Å²) < 4.78 is 0. The van der Waals surface area contributed by atoms with Crippen molar-refractivity contribution in [3.63, 3.8) is 0 Å². The third-order valence-corrected chi connectivity index (χ3v) is 6.13. The molecule has 1 N–H and O–H groups in total. The summed E-state index contributed by atoms with van der Waals surface area (Å²) in [6.07, 6.45) is 5.79. The SMILES string of the molecule is O=C(NC1CN2CCC1CC2)c1ccc(-c2cncc(Cl)c2)s1. The first-order valence-electron chi connectivity index (χ1n) is 7.93. The summed E-state index contributed by atoms with van der Waals surface area (Å²) in [5.41, 5.74) is 0.949. The Kier molecular flexibility index (Phi) is 4.09. The van der Waals surface area contributed by atoms with Gasteiger partial charge in [0.1, 0.15) is 0 Å². The Hall–Kier alpha value is -1.43. The maximum Gasteiger partial charge on any atom is 0.261 e. The summed E-state index contributed by atoms with van der Waals surface area (Å²) in [6, 6.07) is 6.01. The van der Waals surface area contributed by atoms with Crippen molar-refractivity contribution in [2.24, 2.45) is 5.92 Å². The molecule has 0 radical (unpaired) electrons. The van der Waals surface area contributed by atoms with Crippen LogP contribution in [0.1, 0.15) is 22.5 Å². The standard InChI is InChI=1S/C17H18ClN3OS/c18-13-7-12(8-19-9-13)15-1-2-16(23-15)17(22)20-14-10-21-5-3-11(14)4-6-21/h1-2,7-9,11,14H,3-6,10H2,(H,20,22). The number of hydrogen-bond acceptors (Lipinski definition) is 4. The molecular weight excluding hydrogens is 330 g/mol. The van der Waals surface area contributed by atoms with E-state index in [1.165, 1.54) is 37.3 Å². The van der Waals surface area contributed by atoms with Gasteiger partial charge in [-0.1, -0.05) is 11.6 Å². The predicted molar refractivity (Wildman–Crippen MR) is 93.0 cm³/mol. The van der Waals surface area contributed by atoms with Crippen LogP contribution < -0.4 is 5.32 Å². The minimum atomic E-state index is 0.0370. The molecule has 2 bridgehead atoms. The molecule has 2 aromatic rings. The van der Waals surface area contributed by atoms with E-state index in [0.29, 0.717) is 17.0 Å². The number of amides is 1. The highest BCUT2D eigenvalue weighted by atomic mass is 35.5. The molecule has 1 atom stereocenters. The van der Waals surface area contributed by atoms with Crippen LogP contribution in [0.5, 0.6) is 0 Å². The molecule has 1 unspecified atom stereocenters. The molecule has 23 heavy (non-hydrogen) atoms. The van der Waals surface area contributed by atoms with Crippen LogP contribution >= 0.6 is 22.9 Å². The Morgan fingerprint density at radius 1 is 1.30 bits per heavy atom. The van der Waals surface area contributed by atoms with Gasteiger partial charge in [-0.15, -0.1) is 11.3 Å². The van der Waals surface area contributed by atoms with Crippen molar-refractivity contribution in [2.75, 3.05) is 19.6 Å². The Labute approximate surface area is 144 Å². The number of nitrogens with zero attached hydrogens (tertiary/aromatic N) is 2. The Morgan fingerprint density at radius 2 is 2.13 bits per heavy atom. The molecule has 5 heterocycles. The second kappa shape index (κ2) is 6.23. The monoisotopic (exact) mass is 347 g/mol. The Bertz CT molecular complexity index is 724. The Balaban J connectivity index is 1.47. The molecule has 6 heteroatoms. The van der Waals surface area contributed by atoms with E-state index in [9.17, 15) is 4.79 Å². The van der Waals surface area contributed by atoms with Crippen molar-refractivity contribution in [2.45, 2.75) is 18.9 Å². The lowest BCUT2D eigenvalue weighted by Crippen LogP contribution is -2.57. The first kappa shape index (κ1) is 15.1. The summed E-state index contributed by atoms with van der Waals surface area (Å²) in [5.74, 6) is 0.676. The zero-order chi connectivity index (χ0) is 15.8. The number of halogens is 1. The number of thiophene rings is 1. The van der Waals surface area contributed by atoms with E-state index in [4.69, 9.17) is 11.6 Å². The van der Waals surface area contributed by atoms with E-state index in [2.05, 4.69) is 15.2 Å². The molecule has 3 saturated heterocycles. The highest BCUT2D eigenvalue weighted by Gasteiger charge is 2.35. The molecule has 0 spiro atoms. The molecule has 120 valence electrons. The van der Waals surface area contributed by atoms with Gasteiger partial charge in [0.05, 0.1) is 9.90 Å². The van der Waals surface area contributed by atoms with Crippen molar-refractivity contribution in [3.8, 4) is 10.4 Å². The molecule has 2 aromatic heterocycles. The van der Waals surface area contributed by atoms with Crippen molar-refractivity contribution >= 4 is 28.8 Å². The average molecular weight is 348 g/mol. The van der Waals surface area contributed by atoms with Crippen LogP contribution in [-0.4, -0.2) is 41.5 Å². The number of carbonyl (C=O) groups excluding carboxylic acids is 1. The van der Waals surface area contributed by atoms with Gasteiger partial charge < -0.3 is 10.2 Å². The summed E-state index contributed by atoms with van der Waals surface area (Å²) in [4.78, 5) is 20.8. The number of piperidine rings is 3. The summed E-state index contributed by atoms with van der Waals surface area (Å²) in [7, 11) is 0. The van der Waals surface area contributed by atoms with Gasteiger partial charge in [0.2, 0.25) is 0 Å². The minimum absolute atomic E-state index is 0.0370. The quantitative estimate of drug-likeness (QED) is 0.926. The molecule has 1 amide bonds. The molecule has 3 aliphatic rings. The molecule has 0 aliphatic carbocycles. The van der Waals surface area contributed by atoms with Gasteiger partial charge in [-0.3, -0.25) is 9.78 Å². The van der Waals surface area contributed by atoms with E-state index in [0.717, 1.165) is 21.9 Å². The maximum atomic E-state index is 12.5. The highest BCUT2D eigenvalue weighted by Crippen LogP contribution is 2.30. The van der Waals surface area contributed by atoms with Gasteiger partial charge in [0, 0.05) is 35.4 Å². The van der Waals surface area contributed by atoms with Crippen LogP contribution in [0, 0.1) is 5.92 Å². The summed E-state index contributed by atoms with van der Waals surface area (Å²) in [5, 5.41) is 3.84. The maximum absolute atomic E-state index is 12.5. The third-order valence-electron chi connectivity index (χ3n) is 4.79. The van der Waals surface area contributed by atoms with Crippen LogP contribution in [0.25, 0.3) is 10.4 Å². The number of rotatable bonds is 3. The molecule has 3 fully saturated rings. The molecular formula is C17H18ClN3OS. The normalized spacial score (nSPS) is 26.2. The predicted octanol–water partition coefficient (Wildman–Crippen LogP) is 3.29. The second-order valence-corrected chi connectivity index (χ2v) is 7.79. The van der Waals surface area contributed by atoms with Crippen LogP contribution in [0.3, 0.4) is 0 Å². The summed E-state index contributed by atoms with van der Waals surface area (Å²) >= 11 is 7.47. The zero-order valence-electron chi connectivity index (χ0n) is 12.7. The van der Waals surface area contributed by atoms with Gasteiger partial charge in [-0.25, -0.2) is 0 Å². The lowest BCUT2D eigenvalue weighted by molar-refractivity contribution is 0.0622. The highest BCUT2D eigenvalue weighted by molar-refractivity contribution is 7.17. The zero-order valence-corrected chi connectivity index (χ0v) is 14.2. The lowest BCUT2D eigenvalue weighted by atomic mass is 9.84. The van der Waals surface area contributed by atoms with Crippen LogP contribution in [0.15, 0.2) is 30.6 Å². The van der Waals surface area contributed by atoms with Crippen molar-refractivity contribution in [3.05, 3.63) is 40.5 Å². The molecule has 3 aliphatic heterocycles. The van der Waals surface area contributed by atoms with E-state index in [1.807, 2.05) is 18.2 Å². The number of pyridine rings is 1. The smallest absolute Gasteiger partial charge is 0.261 e. The lowest BCUT2D eigenvalue weighted by Gasteiger charge is -2.44. The van der Waals surface area contributed by atoms with E-state index >= 15 is 0 Å². The minimum Gasteiger partial charge on any atom is -0.347 e. The number of carbonyl (C=O) groups is 1. The fraction of sp³-hybridized carbons (Fsp3) is 0.412. The van der Waals surface area contributed by atoms with E-state index in [1.54, 1.807) is 12.4 Å². The fourth-order valence-corrected chi connectivity index (χ4v) is 4.59. The number of fused-ring (bicyclic) bond motifs is 3.